The maximum absolute atomic E-state index is 13.1. The van der Waals surface area contributed by atoms with E-state index in [4.69, 9.17) is 4.42 Å². The molecule has 0 fully saturated rings. The zero-order valence-electron chi connectivity index (χ0n) is 10.5. The maximum atomic E-state index is 13.1. The maximum Gasteiger partial charge on any atom is 0.417 e. The standard InChI is InChI=1S/C13H9FN2O4S/c14-8-2-1-3-9(6-8)16-21(18,19)10-4-5-11-12(7-10)20-13(17)15-11/h1-7,16H,(H,15,17). The van der Waals surface area contributed by atoms with Crippen molar-refractivity contribution >= 4 is 26.8 Å². The summed E-state index contributed by atoms with van der Waals surface area (Å²) in [6.45, 7) is 0. The second-order valence-electron chi connectivity index (χ2n) is 4.29. The molecule has 0 bridgehead atoms. The fourth-order valence-electron chi connectivity index (χ4n) is 1.86. The molecule has 0 saturated carbocycles. The summed E-state index contributed by atoms with van der Waals surface area (Å²) in [6, 6.07) is 9.03. The van der Waals surface area contributed by atoms with Crippen LogP contribution in [0.4, 0.5) is 10.1 Å². The molecule has 0 aliphatic rings. The zero-order valence-corrected chi connectivity index (χ0v) is 11.3. The van der Waals surface area contributed by atoms with Gasteiger partial charge in [0.2, 0.25) is 0 Å². The van der Waals surface area contributed by atoms with Crippen LogP contribution < -0.4 is 10.5 Å². The first-order valence-electron chi connectivity index (χ1n) is 5.85. The van der Waals surface area contributed by atoms with E-state index in [1.165, 1.54) is 36.4 Å². The van der Waals surface area contributed by atoms with Crippen molar-refractivity contribution in [1.29, 1.82) is 0 Å². The van der Waals surface area contributed by atoms with Gasteiger partial charge in [0.05, 0.1) is 16.1 Å². The van der Waals surface area contributed by atoms with Crippen LogP contribution in [0, 0.1) is 5.82 Å². The monoisotopic (exact) mass is 308 g/mol. The fraction of sp³-hybridized carbons (Fsp3) is 0. The van der Waals surface area contributed by atoms with E-state index in [0.717, 1.165) is 6.07 Å². The van der Waals surface area contributed by atoms with E-state index in [-0.39, 0.29) is 16.2 Å². The van der Waals surface area contributed by atoms with Crippen molar-refractivity contribution < 1.29 is 17.2 Å². The first-order chi connectivity index (χ1) is 9.94. The summed E-state index contributed by atoms with van der Waals surface area (Å²) in [4.78, 5) is 13.4. The van der Waals surface area contributed by atoms with Gasteiger partial charge in [0.15, 0.2) is 5.58 Å². The van der Waals surface area contributed by atoms with Gasteiger partial charge in [-0.1, -0.05) is 6.07 Å². The molecule has 108 valence electrons. The summed E-state index contributed by atoms with van der Waals surface area (Å²) in [7, 11) is -3.90. The molecule has 2 N–H and O–H groups in total. The Morgan fingerprint density at radius 2 is 1.95 bits per heavy atom. The largest absolute Gasteiger partial charge is 0.417 e. The summed E-state index contributed by atoms with van der Waals surface area (Å²) < 4.78 is 44.5. The molecule has 1 heterocycles. The van der Waals surface area contributed by atoms with Crippen molar-refractivity contribution in [2.45, 2.75) is 4.90 Å². The third kappa shape index (κ3) is 2.65. The average molecular weight is 308 g/mol. The fourth-order valence-corrected chi connectivity index (χ4v) is 2.92. The van der Waals surface area contributed by atoms with Crippen molar-refractivity contribution in [3.63, 3.8) is 0 Å². The average Bonchev–Trinajstić information content (AvgIpc) is 2.77. The lowest BCUT2D eigenvalue weighted by Crippen LogP contribution is -2.12. The van der Waals surface area contributed by atoms with Crippen LogP contribution in [0.15, 0.2) is 56.6 Å². The van der Waals surface area contributed by atoms with E-state index < -0.39 is 21.6 Å². The Balaban J connectivity index is 2.01. The second kappa shape index (κ2) is 4.74. The molecule has 0 saturated heterocycles. The summed E-state index contributed by atoms with van der Waals surface area (Å²) >= 11 is 0. The molecule has 8 heteroatoms. The number of benzene rings is 2. The van der Waals surface area contributed by atoms with Crippen molar-refractivity contribution in [2.24, 2.45) is 0 Å². The molecule has 0 aliphatic heterocycles. The van der Waals surface area contributed by atoms with Crippen LogP contribution in [0.1, 0.15) is 0 Å². The molecule has 0 spiro atoms. The predicted octanol–water partition coefficient (Wildman–Crippen LogP) is 2.06. The molecule has 6 nitrogen and oxygen atoms in total. The molecule has 3 aromatic rings. The Bertz CT molecular complexity index is 975. The number of oxazole rings is 1. The smallest absolute Gasteiger partial charge is 0.408 e. The lowest BCUT2D eigenvalue weighted by atomic mass is 10.3. The van der Waals surface area contributed by atoms with Crippen molar-refractivity contribution in [1.82, 2.24) is 4.98 Å². The highest BCUT2D eigenvalue weighted by atomic mass is 32.2. The lowest BCUT2D eigenvalue weighted by molar-refractivity contribution is 0.554. The minimum Gasteiger partial charge on any atom is -0.408 e. The molecular formula is C13H9FN2O4S. The van der Waals surface area contributed by atoms with Gasteiger partial charge >= 0.3 is 5.76 Å². The Hall–Kier alpha value is -2.61. The third-order valence-electron chi connectivity index (χ3n) is 2.78. The highest BCUT2D eigenvalue weighted by Crippen LogP contribution is 2.20. The number of halogens is 1. The number of aromatic amines is 1. The van der Waals surface area contributed by atoms with Crippen molar-refractivity contribution in [3.05, 3.63) is 58.8 Å². The lowest BCUT2D eigenvalue weighted by Gasteiger charge is -2.07. The molecule has 0 atom stereocenters. The van der Waals surface area contributed by atoms with E-state index in [1.54, 1.807) is 0 Å². The van der Waals surface area contributed by atoms with Gasteiger partial charge in [0, 0.05) is 6.07 Å². The van der Waals surface area contributed by atoms with Crippen LogP contribution in [-0.4, -0.2) is 13.4 Å². The number of H-pyrrole nitrogens is 1. The number of fused-ring (bicyclic) bond motifs is 1. The Kier molecular flexibility index (Phi) is 3.02. The quantitative estimate of drug-likeness (QED) is 0.774. The SMILES string of the molecule is O=c1[nH]c2ccc(S(=O)(=O)Nc3cccc(F)c3)cc2o1. The number of rotatable bonds is 3. The van der Waals surface area contributed by atoms with Gasteiger partial charge in [-0.25, -0.2) is 17.6 Å². The van der Waals surface area contributed by atoms with Crippen molar-refractivity contribution in [2.75, 3.05) is 4.72 Å². The van der Waals surface area contributed by atoms with E-state index in [2.05, 4.69) is 9.71 Å². The summed E-state index contributed by atoms with van der Waals surface area (Å²) in [5.41, 5.74) is 0.623. The Labute approximate surface area is 118 Å². The zero-order chi connectivity index (χ0) is 15.0. The van der Waals surface area contributed by atoms with E-state index in [1.807, 2.05) is 0 Å². The van der Waals surface area contributed by atoms with Crippen LogP contribution in [0.2, 0.25) is 0 Å². The molecule has 1 aromatic heterocycles. The summed E-state index contributed by atoms with van der Waals surface area (Å²) in [5.74, 6) is -1.22. The van der Waals surface area contributed by atoms with Crippen LogP contribution in [0.5, 0.6) is 0 Å². The molecule has 21 heavy (non-hydrogen) atoms. The van der Waals surface area contributed by atoms with Gasteiger partial charge in [-0.2, -0.15) is 0 Å². The molecule has 2 aromatic carbocycles. The minimum absolute atomic E-state index is 0.0954. The molecule has 0 amide bonds. The topological polar surface area (TPSA) is 92.2 Å². The second-order valence-corrected chi connectivity index (χ2v) is 5.97. The Morgan fingerprint density at radius 1 is 1.14 bits per heavy atom. The van der Waals surface area contributed by atoms with Gasteiger partial charge in [-0.05, 0) is 30.3 Å². The van der Waals surface area contributed by atoms with Crippen molar-refractivity contribution in [3.8, 4) is 0 Å². The van der Waals surface area contributed by atoms with Crippen LogP contribution in [0.3, 0.4) is 0 Å². The Morgan fingerprint density at radius 3 is 2.71 bits per heavy atom. The number of hydrogen-bond donors (Lipinski definition) is 2. The van der Waals surface area contributed by atoms with E-state index >= 15 is 0 Å². The minimum atomic E-state index is -3.90. The molecule has 0 radical (unpaired) electrons. The van der Waals surface area contributed by atoms with Crippen LogP contribution in [0.25, 0.3) is 11.1 Å². The van der Waals surface area contributed by atoms with Gasteiger partial charge < -0.3 is 4.42 Å². The van der Waals surface area contributed by atoms with E-state index in [0.29, 0.717) is 5.52 Å². The first kappa shape index (κ1) is 13.4. The van der Waals surface area contributed by atoms with Gasteiger partial charge in [-0.15, -0.1) is 0 Å². The van der Waals surface area contributed by atoms with E-state index in [9.17, 15) is 17.6 Å². The first-order valence-corrected chi connectivity index (χ1v) is 7.34. The highest BCUT2D eigenvalue weighted by molar-refractivity contribution is 7.92. The van der Waals surface area contributed by atoms with Gasteiger partial charge in [0.1, 0.15) is 5.82 Å². The molecule has 0 unspecified atom stereocenters. The predicted molar refractivity (Wildman–Crippen MR) is 74.0 cm³/mol. The number of nitrogens with one attached hydrogen (secondary N) is 2. The number of anilines is 1. The normalized spacial score (nSPS) is 11.7. The third-order valence-corrected chi connectivity index (χ3v) is 4.16. The van der Waals surface area contributed by atoms with Gasteiger partial charge in [-0.3, -0.25) is 9.71 Å². The number of aromatic nitrogens is 1. The molecule has 0 aliphatic carbocycles. The molecule has 3 rings (SSSR count). The molecular weight excluding hydrogens is 299 g/mol. The highest BCUT2D eigenvalue weighted by Gasteiger charge is 2.16. The number of hydrogen-bond acceptors (Lipinski definition) is 4. The van der Waals surface area contributed by atoms with Crippen LogP contribution in [-0.2, 0) is 10.0 Å². The van der Waals surface area contributed by atoms with Gasteiger partial charge in [0.25, 0.3) is 10.0 Å². The summed E-state index contributed by atoms with van der Waals surface area (Å²) in [5, 5.41) is 0. The number of sulfonamides is 1. The summed E-state index contributed by atoms with van der Waals surface area (Å²) in [6.07, 6.45) is 0. The van der Waals surface area contributed by atoms with Crippen LogP contribution >= 0.6 is 0 Å².